The summed E-state index contributed by atoms with van der Waals surface area (Å²) >= 11 is 0. The van der Waals surface area contributed by atoms with E-state index in [9.17, 15) is 26.7 Å². The topological polar surface area (TPSA) is 41.1 Å². The number of amides is 1. The predicted octanol–water partition coefficient (Wildman–Crippen LogP) is 3.43. The molecule has 0 saturated carbocycles. The summed E-state index contributed by atoms with van der Waals surface area (Å²) in [6, 6.07) is 9.01. The lowest BCUT2D eigenvalue weighted by molar-refractivity contribution is -0.140. The van der Waals surface area contributed by atoms with Crippen LogP contribution >= 0.6 is 0 Å². The summed E-state index contributed by atoms with van der Waals surface area (Å²) < 4.78 is 66.3. The molecule has 27 heavy (non-hydrogen) atoms. The molecule has 0 bridgehead atoms. The highest BCUT2D eigenvalue weighted by molar-refractivity contribution is 5.84. The van der Waals surface area contributed by atoms with E-state index >= 15 is 0 Å². The van der Waals surface area contributed by atoms with Crippen LogP contribution in [0.25, 0.3) is 0 Å². The monoisotopic (exact) mass is 384 g/mol. The van der Waals surface area contributed by atoms with Crippen molar-refractivity contribution in [3.63, 3.8) is 0 Å². The fraction of sp³-hybridized carbons (Fsp3) is 0.316. The van der Waals surface area contributed by atoms with Crippen LogP contribution in [0.2, 0.25) is 0 Å². The van der Waals surface area contributed by atoms with Crippen LogP contribution in [0.4, 0.5) is 22.0 Å². The molecule has 144 valence electrons. The number of hydrogen-bond acceptors (Lipinski definition) is 2. The lowest BCUT2D eigenvalue weighted by Gasteiger charge is -2.41. The summed E-state index contributed by atoms with van der Waals surface area (Å²) in [7, 11) is 0. The van der Waals surface area contributed by atoms with Crippen molar-refractivity contribution in [3.05, 3.63) is 70.8 Å². The Labute approximate surface area is 152 Å². The summed E-state index contributed by atoms with van der Waals surface area (Å²) in [6.45, 7) is 0.226. The Kier molecular flexibility index (Phi) is 5.19. The first kappa shape index (κ1) is 19.3. The van der Waals surface area contributed by atoms with Crippen LogP contribution < -0.4 is 10.6 Å². The smallest absolute Gasteiger partial charge is 0.351 e. The number of halogens is 5. The third-order valence-electron chi connectivity index (χ3n) is 4.72. The first-order valence-electron chi connectivity index (χ1n) is 8.30. The molecule has 1 aliphatic heterocycles. The number of alkyl halides is 3. The molecule has 0 radical (unpaired) electrons. The van der Waals surface area contributed by atoms with Crippen molar-refractivity contribution < 1.29 is 26.7 Å². The standard InChI is InChI=1S/C19H17F5N2O/c20-15-7-2-1-4-12(15)8-18(10-25-11-18)17(27)26-9-13-5-3-6-14(16(13)21)19(22,23)24/h1-7,25H,8-11H2,(H,26,27). The first-order chi connectivity index (χ1) is 12.7. The first-order valence-corrected chi connectivity index (χ1v) is 8.30. The molecule has 1 amide bonds. The largest absolute Gasteiger partial charge is 0.419 e. The van der Waals surface area contributed by atoms with Crippen molar-refractivity contribution in [1.29, 1.82) is 0 Å². The molecule has 2 aromatic rings. The van der Waals surface area contributed by atoms with Crippen molar-refractivity contribution >= 4 is 5.91 Å². The van der Waals surface area contributed by atoms with Crippen LogP contribution in [0.15, 0.2) is 42.5 Å². The predicted molar refractivity (Wildman–Crippen MR) is 88.7 cm³/mol. The van der Waals surface area contributed by atoms with Crippen LogP contribution in [0.5, 0.6) is 0 Å². The highest BCUT2D eigenvalue weighted by Crippen LogP contribution is 2.33. The minimum absolute atomic E-state index is 0.142. The average molecular weight is 384 g/mol. The van der Waals surface area contributed by atoms with Crippen molar-refractivity contribution in [3.8, 4) is 0 Å². The molecular weight excluding hydrogens is 367 g/mol. The van der Waals surface area contributed by atoms with Crippen molar-refractivity contribution in [2.75, 3.05) is 13.1 Å². The Morgan fingerprint density at radius 3 is 2.30 bits per heavy atom. The SMILES string of the molecule is O=C(NCc1cccc(C(F)(F)F)c1F)C1(Cc2ccccc2F)CNC1. The maximum atomic E-state index is 14.1. The van der Waals surface area contributed by atoms with Crippen LogP contribution in [0.1, 0.15) is 16.7 Å². The van der Waals surface area contributed by atoms with E-state index in [-0.39, 0.29) is 18.5 Å². The third kappa shape index (κ3) is 3.95. The second-order valence-corrected chi connectivity index (χ2v) is 6.61. The Balaban J connectivity index is 1.73. The number of hydrogen-bond donors (Lipinski definition) is 2. The Morgan fingerprint density at radius 2 is 1.70 bits per heavy atom. The Bertz CT molecular complexity index is 846. The second kappa shape index (κ2) is 7.26. The van der Waals surface area contributed by atoms with Gasteiger partial charge in [-0.15, -0.1) is 0 Å². The van der Waals surface area contributed by atoms with Gasteiger partial charge in [0.2, 0.25) is 5.91 Å². The molecule has 1 heterocycles. The molecule has 1 saturated heterocycles. The van der Waals surface area contributed by atoms with E-state index in [0.29, 0.717) is 24.7 Å². The molecule has 2 N–H and O–H groups in total. The van der Waals surface area contributed by atoms with Gasteiger partial charge in [-0.05, 0) is 24.1 Å². The molecule has 0 aromatic heterocycles. The van der Waals surface area contributed by atoms with E-state index < -0.39 is 34.7 Å². The van der Waals surface area contributed by atoms with Crippen molar-refractivity contribution in [2.45, 2.75) is 19.1 Å². The number of carbonyl (C=O) groups is 1. The third-order valence-corrected chi connectivity index (χ3v) is 4.72. The van der Waals surface area contributed by atoms with Gasteiger partial charge in [0, 0.05) is 25.2 Å². The molecule has 0 atom stereocenters. The lowest BCUT2D eigenvalue weighted by Crippen LogP contribution is -2.62. The van der Waals surface area contributed by atoms with Crippen LogP contribution in [0, 0.1) is 17.0 Å². The van der Waals surface area contributed by atoms with E-state index in [1.54, 1.807) is 18.2 Å². The second-order valence-electron chi connectivity index (χ2n) is 6.61. The van der Waals surface area contributed by atoms with Gasteiger partial charge in [-0.1, -0.05) is 30.3 Å². The van der Waals surface area contributed by atoms with E-state index in [1.807, 2.05) is 0 Å². The minimum Gasteiger partial charge on any atom is -0.351 e. The molecule has 1 fully saturated rings. The molecule has 3 rings (SSSR count). The molecule has 0 aliphatic carbocycles. The van der Waals surface area contributed by atoms with Crippen molar-refractivity contribution in [1.82, 2.24) is 10.6 Å². The van der Waals surface area contributed by atoms with Gasteiger partial charge in [-0.2, -0.15) is 13.2 Å². The number of rotatable bonds is 5. The molecule has 3 nitrogen and oxygen atoms in total. The minimum atomic E-state index is -4.81. The number of nitrogens with one attached hydrogen (secondary N) is 2. The van der Waals surface area contributed by atoms with Gasteiger partial charge >= 0.3 is 6.18 Å². The quantitative estimate of drug-likeness (QED) is 0.776. The van der Waals surface area contributed by atoms with E-state index in [0.717, 1.165) is 6.07 Å². The summed E-state index contributed by atoms with van der Waals surface area (Å²) in [6.07, 6.45) is -4.67. The zero-order valence-corrected chi connectivity index (χ0v) is 14.2. The van der Waals surface area contributed by atoms with Crippen LogP contribution in [-0.4, -0.2) is 19.0 Å². The Hall–Kier alpha value is -2.48. The Morgan fingerprint density at radius 1 is 1.04 bits per heavy atom. The molecule has 1 aliphatic rings. The summed E-state index contributed by atoms with van der Waals surface area (Å²) in [5, 5.41) is 5.45. The summed E-state index contributed by atoms with van der Waals surface area (Å²) in [4.78, 5) is 12.6. The molecule has 8 heteroatoms. The fourth-order valence-electron chi connectivity index (χ4n) is 3.10. The normalized spacial score (nSPS) is 15.9. The van der Waals surface area contributed by atoms with Gasteiger partial charge in [-0.25, -0.2) is 8.78 Å². The van der Waals surface area contributed by atoms with Gasteiger partial charge in [0.15, 0.2) is 0 Å². The average Bonchev–Trinajstić information content (AvgIpc) is 2.57. The summed E-state index contributed by atoms with van der Waals surface area (Å²) in [5.74, 6) is -2.29. The maximum absolute atomic E-state index is 14.1. The van der Waals surface area contributed by atoms with Crippen LogP contribution in [0.3, 0.4) is 0 Å². The van der Waals surface area contributed by atoms with Gasteiger partial charge in [0.25, 0.3) is 0 Å². The molecule has 0 unspecified atom stereocenters. The van der Waals surface area contributed by atoms with Crippen LogP contribution in [-0.2, 0) is 23.9 Å². The van der Waals surface area contributed by atoms with Gasteiger partial charge in [-0.3, -0.25) is 4.79 Å². The fourth-order valence-corrected chi connectivity index (χ4v) is 3.10. The molecule has 2 aromatic carbocycles. The van der Waals surface area contributed by atoms with Gasteiger partial charge in [0.05, 0.1) is 11.0 Å². The van der Waals surface area contributed by atoms with Gasteiger partial charge in [0.1, 0.15) is 11.6 Å². The molecule has 0 spiro atoms. The lowest BCUT2D eigenvalue weighted by atomic mass is 9.75. The van der Waals surface area contributed by atoms with E-state index in [4.69, 9.17) is 0 Å². The van der Waals surface area contributed by atoms with Gasteiger partial charge < -0.3 is 10.6 Å². The summed E-state index contributed by atoms with van der Waals surface area (Å²) in [5.41, 5.74) is -2.17. The maximum Gasteiger partial charge on any atom is 0.419 e. The van der Waals surface area contributed by atoms with E-state index in [1.165, 1.54) is 12.1 Å². The highest BCUT2D eigenvalue weighted by atomic mass is 19.4. The molecular formula is C19H17F5N2O. The zero-order chi connectivity index (χ0) is 19.7. The van der Waals surface area contributed by atoms with E-state index in [2.05, 4.69) is 10.6 Å². The number of carbonyl (C=O) groups excluding carboxylic acids is 1. The number of benzene rings is 2. The zero-order valence-electron chi connectivity index (χ0n) is 14.2. The van der Waals surface area contributed by atoms with Crippen molar-refractivity contribution in [2.24, 2.45) is 5.41 Å². The highest BCUT2D eigenvalue weighted by Gasteiger charge is 2.44.